The van der Waals surface area contributed by atoms with Gasteiger partial charge in [0, 0.05) is 5.56 Å². The van der Waals surface area contributed by atoms with Gasteiger partial charge in [0.2, 0.25) is 0 Å². The monoisotopic (exact) mass is 326 g/mol. The number of amides is 1. The van der Waals surface area contributed by atoms with Crippen LogP contribution in [-0.2, 0) is 0 Å². The van der Waals surface area contributed by atoms with E-state index in [9.17, 15) is 4.79 Å². The van der Waals surface area contributed by atoms with Gasteiger partial charge in [-0.05, 0) is 29.6 Å². The van der Waals surface area contributed by atoms with E-state index in [1.165, 1.54) is 18.4 Å². The van der Waals surface area contributed by atoms with Gasteiger partial charge in [0.15, 0.2) is 0 Å². The molecule has 0 spiro atoms. The first-order valence-corrected chi connectivity index (χ1v) is 7.21. The minimum Gasteiger partial charge on any atom is -0.495 e. The van der Waals surface area contributed by atoms with Gasteiger partial charge in [0.05, 0.1) is 17.8 Å². The second-order valence-electron chi connectivity index (χ2n) is 3.83. The third-order valence-corrected chi connectivity index (χ3v) is 4.00. The number of methoxy groups -OCH3 is 1. The van der Waals surface area contributed by atoms with E-state index in [2.05, 4.69) is 5.32 Å². The minimum atomic E-state index is -0.276. The highest BCUT2D eigenvalue weighted by Gasteiger charge is 2.15. The molecule has 2 aromatic rings. The number of nitrogens with two attached hydrogens (primary N) is 1. The maximum atomic E-state index is 12.1. The quantitative estimate of drug-likeness (QED) is 0.846. The number of rotatable bonds is 4. The van der Waals surface area contributed by atoms with E-state index in [0.717, 1.165) is 0 Å². The summed E-state index contributed by atoms with van der Waals surface area (Å²) in [7, 11) is 1.52. The molecule has 0 bridgehead atoms. The molecule has 0 fully saturated rings. The van der Waals surface area contributed by atoms with Crippen molar-refractivity contribution < 1.29 is 9.53 Å². The Morgan fingerprint density at radius 1 is 1.45 bits per heavy atom. The zero-order valence-corrected chi connectivity index (χ0v) is 12.9. The molecule has 7 heteroatoms. The van der Waals surface area contributed by atoms with Gasteiger partial charge >= 0.3 is 0 Å². The smallest absolute Gasteiger partial charge is 0.269 e. The normalized spacial score (nSPS) is 10.1. The Labute approximate surface area is 130 Å². The fourth-order valence-corrected chi connectivity index (χ4v) is 2.68. The molecule has 0 saturated carbocycles. The van der Waals surface area contributed by atoms with Gasteiger partial charge in [-0.25, -0.2) is 0 Å². The zero-order valence-electron chi connectivity index (χ0n) is 10.5. The molecule has 0 radical (unpaired) electrons. The van der Waals surface area contributed by atoms with Crippen LogP contribution in [0.5, 0.6) is 5.75 Å². The number of hydrogen-bond donors (Lipinski definition) is 2. The van der Waals surface area contributed by atoms with Crippen LogP contribution in [0.25, 0.3) is 0 Å². The maximum Gasteiger partial charge on any atom is 0.269 e. The summed E-state index contributed by atoms with van der Waals surface area (Å²) in [5, 5.41) is 4.89. The van der Waals surface area contributed by atoms with Crippen LogP contribution >= 0.6 is 35.2 Å². The van der Waals surface area contributed by atoms with E-state index in [0.29, 0.717) is 26.9 Å². The van der Waals surface area contributed by atoms with Gasteiger partial charge in [0.1, 0.15) is 15.6 Å². The molecule has 0 unspecified atom stereocenters. The molecule has 0 aliphatic heterocycles. The van der Waals surface area contributed by atoms with E-state index in [4.69, 9.17) is 34.3 Å². The van der Waals surface area contributed by atoms with E-state index in [1.54, 1.807) is 29.6 Å². The van der Waals surface area contributed by atoms with Crippen LogP contribution in [0.4, 0.5) is 5.69 Å². The van der Waals surface area contributed by atoms with Crippen molar-refractivity contribution in [3.63, 3.8) is 0 Å². The predicted molar refractivity (Wildman–Crippen MR) is 86.2 cm³/mol. The number of benzene rings is 1. The van der Waals surface area contributed by atoms with Crippen LogP contribution in [0.2, 0.25) is 5.02 Å². The van der Waals surface area contributed by atoms with Crippen LogP contribution in [0.15, 0.2) is 29.6 Å². The first-order valence-electron chi connectivity index (χ1n) is 5.55. The highest BCUT2D eigenvalue weighted by molar-refractivity contribution is 7.80. The topological polar surface area (TPSA) is 64.3 Å². The second-order valence-corrected chi connectivity index (χ2v) is 5.59. The van der Waals surface area contributed by atoms with Crippen LogP contribution < -0.4 is 15.8 Å². The third-order valence-electron chi connectivity index (χ3n) is 2.56. The van der Waals surface area contributed by atoms with Crippen molar-refractivity contribution in [1.82, 2.24) is 0 Å². The molecule has 1 aromatic heterocycles. The molecular weight excluding hydrogens is 316 g/mol. The van der Waals surface area contributed by atoms with Gasteiger partial charge in [-0.3, -0.25) is 4.79 Å². The largest absolute Gasteiger partial charge is 0.495 e. The van der Waals surface area contributed by atoms with Gasteiger partial charge in [-0.15, -0.1) is 11.3 Å². The SMILES string of the molecule is COc1ccsc1C(=O)Nc1ccc(C(N)=S)cc1Cl. The van der Waals surface area contributed by atoms with E-state index in [1.807, 2.05) is 0 Å². The average molecular weight is 327 g/mol. The average Bonchev–Trinajstić information content (AvgIpc) is 2.89. The number of nitrogens with one attached hydrogen (secondary N) is 1. The van der Waals surface area contributed by atoms with Crippen LogP contribution in [0, 0.1) is 0 Å². The number of carbonyl (C=O) groups is 1. The van der Waals surface area contributed by atoms with Crippen LogP contribution in [0.3, 0.4) is 0 Å². The summed E-state index contributed by atoms with van der Waals surface area (Å²) in [6.07, 6.45) is 0. The van der Waals surface area contributed by atoms with Crippen molar-refractivity contribution in [2.75, 3.05) is 12.4 Å². The van der Waals surface area contributed by atoms with Gasteiger partial charge in [0.25, 0.3) is 5.91 Å². The van der Waals surface area contributed by atoms with Crippen molar-refractivity contribution >= 4 is 51.7 Å². The number of carbonyl (C=O) groups excluding carboxylic acids is 1. The summed E-state index contributed by atoms with van der Waals surface area (Å²) in [6.45, 7) is 0. The molecule has 4 nitrogen and oxygen atoms in total. The molecule has 1 heterocycles. The lowest BCUT2D eigenvalue weighted by Gasteiger charge is -2.08. The van der Waals surface area contributed by atoms with Crippen LogP contribution in [0.1, 0.15) is 15.2 Å². The van der Waals surface area contributed by atoms with E-state index in [-0.39, 0.29) is 10.9 Å². The molecule has 3 N–H and O–H groups in total. The minimum absolute atomic E-state index is 0.254. The molecule has 0 saturated heterocycles. The maximum absolute atomic E-state index is 12.1. The highest BCUT2D eigenvalue weighted by Crippen LogP contribution is 2.28. The van der Waals surface area contributed by atoms with Crippen molar-refractivity contribution in [3.8, 4) is 5.75 Å². The van der Waals surface area contributed by atoms with Crippen molar-refractivity contribution in [2.24, 2.45) is 5.73 Å². The molecule has 0 aliphatic rings. The Bertz CT molecular complexity index is 670. The fraction of sp³-hybridized carbons (Fsp3) is 0.0769. The predicted octanol–water partition coefficient (Wildman–Crippen LogP) is 3.30. The van der Waals surface area contributed by atoms with Crippen molar-refractivity contribution in [2.45, 2.75) is 0 Å². The standard InChI is InChI=1S/C13H11ClN2O2S2/c1-18-10-4-5-20-11(10)13(17)16-9-3-2-7(12(15)19)6-8(9)14/h2-6H,1H3,(H2,15,19)(H,16,17). The molecule has 20 heavy (non-hydrogen) atoms. The van der Waals surface area contributed by atoms with Gasteiger partial charge in [-0.1, -0.05) is 23.8 Å². The fourth-order valence-electron chi connectivity index (χ4n) is 1.57. The number of thiocarbonyl (C=S) groups is 1. The molecule has 0 aliphatic carbocycles. The Kier molecular flexibility index (Phi) is 4.59. The summed E-state index contributed by atoms with van der Waals surface area (Å²) < 4.78 is 5.11. The lowest BCUT2D eigenvalue weighted by atomic mass is 10.2. The van der Waals surface area contributed by atoms with Crippen molar-refractivity contribution in [1.29, 1.82) is 0 Å². The molecule has 2 rings (SSSR count). The summed E-state index contributed by atoms with van der Waals surface area (Å²) in [6, 6.07) is 6.71. The number of halogens is 1. The summed E-state index contributed by atoms with van der Waals surface area (Å²) >= 11 is 12.3. The number of thiophene rings is 1. The lowest BCUT2D eigenvalue weighted by Crippen LogP contribution is -2.13. The summed E-state index contributed by atoms with van der Waals surface area (Å²) in [5.74, 6) is 0.255. The Morgan fingerprint density at radius 2 is 2.20 bits per heavy atom. The van der Waals surface area contributed by atoms with Crippen LogP contribution in [-0.4, -0.2) is 18.0 Å². The Morgan fingerprint density at radius 3 is 2.80 bits per heavy atom. The lowest BCUT2D eigenvalue weighted by molar-refractivity contribution is 0.102. The first kappa shape index (κ1) is 14.8. The summed E-state index contributed by atoms with van der Waals surface area (Å²) in [4.78, 5) is 12.9. The number of hydrogen-bond acceptors (Lipinski definition) is 4. The number of ether oxygens (including phenoxy) is 1. The van der Waals surface area contributed by atoms with Gasteiger partial charge < -0.3 is 15.8 Å². The van der Waals surface area contributed by atoms with Gasteiger partial charge in [-0.2, -0.15) is 0 Å². The van der Waals surface area contributed by atoms with E-state index >= 15 is 0 Å². The molecule has 0 atom stereocenters. The zero-order chi connectivity index (χ0) is 14.7. The Balaban J connectivity index is 2.22. The summed E-state index contributed by atoms with van der Waals surface area (Å²) in [5.41, 5.74) is 6.66. The van der Waals surface area contributed by atoms with E-state index < -0.39 is 0 Å². The van der Waals surface area contributed by atoms with Crippen molar-refractivity contribution in [3.05, 3.63) is 45.1 Å². The first-order chi connectivity index (χ1) is 9.52. The second kappa shape index (κ2) is 6.21. The molecule has 1 aromatic carbocycles. The Hall–Kier alpha value is -1.63. The molecule has 104 valence electrons. The number of anilines is 1. The third kappa shape index (κ3) is 3.09. The molecule has 1 amide bonds. The highest BCUT2D eigenvalue weighted by atomic mass is 35.5. The molecular formula is C13H11ClN2O2S2.